The molecule has 2 aromatic rings. The number of rotatable bonds is 7. The summed E-state index contributed by atoms with van der Waals surface area (Å²) in [7, 11) is -2.10. The zero-order valence-electron chi connectivity index (χ0n) is 17.0. The maximum Gasteiger partial charge on any atom is 0.238 e. The first-order chi connectivity index (χ1) is 13.9. The average Bonchev–Trinajstić information content (AvgIpc) is 3.08. The van der Waals surface area contributed by atoms with Crippen LogP contribution in [-0.4, -0.2) is 48.8 Å². The van der Waals surface area contributed by atoms with Crippen molar-refractivity contribution in [3.63, 3.8) is 0 Å². The average molecular weight is 549 g/mol. The summed E-state index contributed by atoms with van der Waals surface area (Å²) in [6, 6.07) is 6.66. The van der Waals surface area contributed by atoms with Crippen LogP contribution < -0.4 is 15.8 Å². The normalized spacial score (nSPS) is 16.5. The second-order valence-electron chi connectivity index (χ2n) is 6.83. The monoisotopic (exact) mass is 549 g/mol. The third kappa shape index (κ3) is 6.62. The summed E-state index contributed by atoms with van der Waals surface area (Å²) in [5, 5.41) is 16.3. The number of fused-ring (bicyclic) bond motifs is 1. The third-order valence-electron chi connectivity index (χ3n) is 4.51. The van der Waals surface area contributed by atoms with E-state index in [1.54, 1.807) is 19.2 Å². The molecule has 0 saturated carbocycles. The Morgan fingerprint density at radius 2 is 2.23 bits per heavy atom. The minimum Gasteiger partial charge on any atom is -0.377 e. The molecule has 0 fully saturated rings. The van der Waals surface area contributed by atoms with E-state index >= 15 is 0 Å². The number of nitrogens with two attached hydrogens (primary N) is 1. The fourth-order valence-corrected chi connectivity index (χ4v) is 3.76. The number of hydrogen-bond acceptors (Lipinski definition) is 6. The summed E-state index contributed by atoms with van der Waals surface area (Å²) in [5.74, 6) is 2.33. The lowest BCUT2D eigenvalue weighted by atomic mass is 10.1. The van der Waals surface area contributed by atoms with Gasteiger partial charge in [-0.1, -0.05) is 12.1 Å². The zero-order chi connectivity index (χ0) is 20.9. The molecule has 1 atom stereocenters. The minimum absolute atomic E-state index is 0. The Hall–Kier alpha value is -1.77. The molecule has 0 amide bonds. The van der Waals surface area contributed by atoms with Crippen LogP contribution in [0.25, 0.3) is 0 Å². The first-order valence-corrected chi connectivity index (χ1v) is 11.0. The zero-order valence-corrected chi connectivity index (χ0v) is 20.2. The van der Waals surface area contributed by atoms with Crippen LogP contribution in [0, 0.1) is 0 Å². The molecule has 0 aliphatic carbocycles. The number of primary sulfonamides is 1. The largest absolute Gasteiger partial charge is 0.377 e. The number of nitrogens with one attached hydrogen (secondary N) is 2. The molecule has 1 unspecified atom stereocenters. The van der Waals surface area contributed by atoms with Crippen LogP contribution >= 0.6 is 24.0 Å². The smallest absolute Gasteiger partial charge is 0.238 e. The van der Waals surface area contributed by atoms with E-state index in [-0.39, 0.29) is 34.9 Å². The van der Waals surface area contributed by atoms with Gasteiger partial charge in [0.25, 0.3) is 0 Å². The van der Waals surface area contributed by atoms with Gasteiger partial charge in [-0.25, -0.2) is 28.2 Å². The van der Waals surface area contributed by atoms with E-state index in [0.29, 0.717) is 38.0 Å². The van der Waals surface area contributed by atoms with Crippen molar-refractivity contribution < 1.29 is 13.2 Å². The van der Waals surface area contributed by atoms with Crippen molar-refractivity contribution >= 4 is 40.0 Å². The summed E-state index contributed by atoms with van der Waals surface area (Å²) in [5.41, 5.74) is 0.764. The number of ether oxygens (including phenoxy) is 1. The van der Waals surface area contributed by atoms with Gasteiger partial charge in [0, 0.05) is 26.1 Å². The molecule has 0 saturated heterocycles. The van der Waals surface area contributed by atoms with Crippen molar-refractivity contribution in [2.75, 3.05) is 13.7 Å². The molecule has 1 aliphatic rings. The molecule has 1 aliphatic heterocycles. The van der Waals surface area contributed by atoms with Crippen LogP contribution in [0.3, 0.4) is 0 Å². The van der Waals surface area contributed by atoms with E-state index in [9.17, 15) is 8.42 Å². The number of hydrogen-bond donors (Lipinski definition) is 3. The number of aliphatic imine (C=N–C) groups is 1. The van der Waals surface area contributed by atoms with Crippen LogP contribution in [0.4, 0.5) is 0 Å². The molecule has 2 heterocycles. The van der Waals surface area contributed by atoms with Crippen molar-refractivity contribution in [2.45, 2.75) is 50.4 Å². The Morgan fingerprint density at radius 1 is 1.43 bits per heavy atom. The molecule has 30 heavy (non-hydrogen) atoms. The molecule has 0 bridgehead atoms. The molecule has 1 aromatic heterocycles. The number of benzene rings is 1. The number of halogens is 1. The quantitative estimate of drug-likeness (QED) is 0.264. The van der Waals surface area contributed by atoms with Crippen molar-refractivity contribution in [1.82, 2.24) is 25.4 Å². The van der Waals surface area contributed by atoms with E-state index < -0.39 is 10.0 Å². The Bertz CT molecular complexity index is 978. The molecule has 0 radical (unpaired) electrons. The molecule has 10 nitrogen and oxygen atoms in total. The molecule has 0 spiro atoms. The Kier molecular flexibility index (Phi) is 9.00. The number of sulfonamides is 1. The molecule has 166 valence electrons. The highest BCUT2D eigenvalue weighted by atomic mass is 127. The second kappa shape index (κ2) is 11.0. The van der Waals surface area contributed by atoms with Gasteiger partial charge in [-0.2, -0.15) is 5.10 Å². The van der Waals surface area contributed by atoms with Gasteiger partial charge in [-0.05, 0) is 31.0 Å². The van der Waals surface area contributed by atoms with Crippen molar-refractivity contribution in [1.29, 1.82) is 0 Å². The minimum atomic E-state index is -3.73. The highest BCUT2D eigenvalue weighted by Gasteiger charge is 2.22. The predicted molar refractivity (Wildman–Crippen MR) is 124 cm³/mol. The third-order valence-corrected chi connectivity index (χ3v) is 5.42. The maximum absolute atomic E-state index is 11.5. The van der Waals surface area contributed by atoms with E-state index in [2.05, 4.69) is 25.7 Å². The molecule has 4 N–H and O–H groups in total. The molecule has 12 heteroatoms. The molecule has 3 rings (SSSR count). The lowest BCUT2D eigenvalue weighted by Gasteiger charge is -2.25. The fraction of sp³-hybridized carbons (Fsp3) is 0.500. The van der Waals surface area contributed by atoms with E-state index in [1.165, 1.54) is 6.07 Å². The topological polar surface area (TPSA) is 137 Å². The number of aromatic nitrogens is 3. The van der Waals surface area contributed by atoms with E-state index in [4.69, 9.17) is 9.88 Å². The summed E-state index contributed by atoms with van der Waals surface area (Å²) < 4.78 is 30.1. The summed E-state index contributed by atoms with van der Waals surface area (Å²) >= 11 is 0. The van der Waals surface area contributed by atoms with Crippen LogP contribution in [0.5, 0.6) is 0 Å². The van der Waals surface area contributed by atoms with Gasteiger partial charge in [0.2, 0.25) is 10.0 Å². The summed E-state index contributed by atoms with van der Waals surface area (Å²) in [6.07, 6.45) is 1.74. The maximum atomic E-state index is 11.5. The molecular formula is C18H28IN7O3S. The Labute approximate surface area is 193 Å². The SMILES string of the molecule is CCNC(=NCc1cccc(S(N)(=O)=O)c1)NC1CCc2nc(COC)nn2C1.I. The Balaban J connectivity index is 0.00000320. The van der Waals surface area contributed by atoms with Gasteiger partial charge in [0.1, 0.15) is 12.4 Å². The molecular weight excluding hydrogens is 521 g/mol. The summed E-state index contributed by atoms with van der Waals surface area (Å²) in [4.78, 5) is 9.16. The fourth-order valence-electron chi connectivity index (χ4n) is 3.17. The van der Waals surface area contributed by atoms with Gasteiger partial charge in [-0.3, -0.25) is 0 Å². The van der Waals surface area contributed by atoms with Crippen molar-refractivity contribution in [3.8, 4) is 0 Å². The standard InChI is InChI=1S/C18H27N7O3S.HI/c1-3-20-18(21-10-13-5-4-6-15(9-13)29(19,26)27)22-14-7-8-17-23-16(12-28-2)24-25(17)11-14;/h4-6,9,14H,3,7-8,10-12H2,1-2H3,(H2,19,26,27)(H2,20,21,22);1H. The highest BCUT2D eigenvalue weighted by molar-refractivity contribution is 14.0. The summed E-state index contributed by atoms with van der Waals surface area (Å²) in [6.45, 7) is 4.13. The number of methoxy groups -OCH3 is 1. The Morgan fingerprint density at radius 3 is 2.93 bits per heavy atom. The predicted octanol–water partition coefficient (Wildman–Crippen LogP) is 0.760. The molecule has 1 aromatic carbocycles. The number of nitrogens with zero attached hydrogens (tertiary/aromatic N) is 4. The van der Waals surface area contributed by atoms with Crippen LogP contribution in [0.15, 0.2) is 34.2 Å². The van der Waals surface area contributed by atoms with Crippen LogP contribution in [0.2, 0.25) is 0 Å². The van der Waals surface area contributed by atoms with Crippen LogP contribution in [-0.2, 0) is 40.9 Å². The first kappa shape index (κ1) is 24.5. The van der Waals surface area contributed by atoms with Gasteiger partial charge >= 0.3 is 0 Å². The first-order valence-electron chi connectivity index (χ1n) is 9.47. The number of guanidine groups is 1. The lowest BCUT2D eigenvalue weighted by Crippen LogP contribution is -2.47. The van der Waals surface area contributed by atoms with Gasteiger partial charge in [-0.15, -0.1) is 24.0 Å². The lowest BCUT2D eigenvalue weighted by molar-refractivity contribution is 0.177. The second-order valence-corrected chi connectivity index (χ2v) is 8.39. The van der Waals surface area contributed by atoms with E-state index in [1.807, 2.05) is 17.7 Å². The van der Waals surface area contributed by atoms with E-state index in [0.717, 1.165) is 24.2 Å². The van der Waals surface area contributed by atoms with Crippen molar-refractivity contribution in [2.24, 2.45) is 10.1 Å². The van der Waals surface area contributed by atoms with Crippen molar-refractivity contribution in [3.05, 3.63) is 41.5 Å². The van der Waals surface area contributed by atoms with Gasteiger partial charge in [0.05, 0.1) is 18.0 Å². The van der Waals surface area contributed by atoms with Gasteiger partial charge < -0.3 is 15.4 Å². The highest BCUT2D eigenvalue weighted by Crippen LogP contribution is 2.14. The van der Waals surface area contributed by atoms with Gasteiger partial charge in [0.15, 0.2) is 11.8 Å². The van der Waals surface area contributed by atoms with Crippen LogP contribution in [0.1, 0.15) is 30.6 Å². The number of aryl methyl sites for hydroxylation is 1.